The zero-order valence-electron chi connectivity index (χ0n) is 7.46. The molecule has 0 N–H and O–H groups in total. The van der Waals surface area contributed by atoms with Crippen molar-refractivity contribution in [3.05, 3.63) is 28.9 Å². The molecule has 0 unspecified atom stereocenters. The third-order valence-corrected chi connectivity index (χ3v) is 0.845. The van der Waals surface area contributed by atoms with Crippen LogP contribution in [-0.4, -0.2) is 9.55 Å². The van der Waals surface area contributed by atoms with Crippen LogP contribution in [0.3, 0.4) is 0 Å². The van der Waals surface area contributed by atoms with Crippen LogP contribution in [0.4, 0.5) is 0 Å². The minimum absolute atomic E-state index is 0. The predicted molar refractivity (Wildman–Crippen MR) is 39.7 cm³/mol. The van der Waals surface area contributed by atoms with Crippen LogP contribution in [0.25, 0.3) is 0 Å². The fourth-order valence-corrected chi connectivity index (χ4v) is 0.372. The van der Waals surface area contributed by atoms with Crippen LogP contribution in [0.2, 0.25) is 0 Å². The molecule has 0 aliphatic rings. The van der Waals surface area contributed by atoms with Crippen molar-refractivity contribution in [3.8, 4) is 0 Å². The van der Waals surface area contributed by atoms with Crippen molar-refractivity contribution in [2.75, 3.05) is 0 Å². The van der Waals surface area contributed by atoms with E-state index in [4.69, 9.17) is 0 Å². The first-order valence-corrected chi connectivity index (χ1v) is 3.20. The molecule has 0 spiro atoms. The van der Waals surface area contributed by atoms with Crippen molar-refractivity contribution in [2.45, 2.75) is 13.8 Å². The van der Waals surface area contributed by atoms with E-state index in [1.165, 1.54) is 10.8 Å². The van der Waals surface area contributed by atoms with Crippen LogP contribution in [0.15, 0.2) is 17.2 Å². The van der Waals surface area contributed by atoms with Crippen molar-refractivity contribution in [1.29, 1.82) is 0 Å². The maximum atomic E-state index is 10.5. The van der Waals surface area contributed by atoms with Gasteiger partial charge in [0.1, 0.15) is 0 Å². The molecule has 1 rings (SSSR count). The predicted octanol–water partition coefficient (Wildman–Crippen LogP) is -2.39. The van der Waals surface area contributed by atoms with Gasteiger partial charge in [0, 0.05) is 7.05 Å². The van der Waals surface area contributed by atoms with Crippen molar-refractivity contribution in [1.82, 2.24) is 9.55 Å². The van der Waals surface area contributed by atoms with E-state index in [1.54, 1.807) is 13.2 Å². The van der Waals surface area contributed by atoms with Gasteiger partial charge in [-0.2, -0.15) is 0 Å². The van der Waals surface area contributed by atoms with Gasteiger partial charge in [-0.25, -0.2) is 0 Å². The first kappa shape index (κ1) is 14.2. The van der Waals surface area contributed by atoms with Crippen molar-refractivity contribution in [3.63, 3.8) is 0 Å². The van der Waals surface area contributed by atoms with E-state index in [0.29, 0.717) is 0 Å². The van der Waals surface area contributed by atoms with Gasteiger partial charge in [-0.1, -0.05) is 26.2 Å². The molecule has 0 aliphatic carbocycles. The van der Waals surface area contributed by atoms with E-state index in [1.807, 2.05) is 13.8 Å². The average Bonchev–Trinajstić information content (AvgIpc) is 2.00. The molecule has 0 atom stereocenters. The van der Waals surface area contributed by atoms with Crippen LogP contribution in [-0.2, 0) is 7.05 Å². The number of rotatable bonds is 0. The molecule has 1 aromatic heterocycles. The first-order valence-electron chi connectivity index (χ1n) is 3.20. The summed E-state index contributed by atoms with van der Waals surface area (Å²) in [5.74, 6) is 0. The SMILES string of the molecule is CC.Cn1ccn[c-]c1=O.[Rb+]. The Labute approximate surface area is 116 Å². The van der Waals surface area contributed by atoms with Crippen LogP contribution >= 0.6 is 0 Å². The second-order valence-corrected chi connectivity index (χ2v) is 1.46. The van der Waals surface area contributed by atoms with Crippen LogP contribution < -0.4 is 63.7 Å². The van der Waals surface area contributed by atoms with Crippen molar-refractivity contribution < 1.29 is 58.2 Å². The minimum atomic E-state index is -0.201. The van der Waals surface area contributed by atoms with E-state index in [2.05, 4.69) is 11.2 Å². The zero-order valence-corrected chi connectivity index (χ0v) is 12.4. The molecule has 0 saturated heterocycles. The van der Waals surface area contributed by atoms with E-state index >= 15 is 0 Å². The Balaban J connectivity index is 0. The normalized spacial score (nSPS) is 7.18. The fraction of sp³-hybridized carbons (Fsp3) is 0.429. The van der Waals surface area contributed by atoms with Gasteiger partial charge in [0.05, 0.1) is 0 Å². The molecule has 1 aromatic rings. The molecule has 0 amide bonds. The van der Waals surface area contributed by atoms with Gasteiger partial charge >= 0.3 is 58.2 Å². The Morgan fingerprint density at radius 2 is 2.09 bits per heavy atom. The van der Waals surface area contributed by atoms with Gasteiger partial charge in [-0.05, 0) is 0 Å². The molecular formula is C7H11N2ORb. The van der Waals surface area contributed by atoms with Gasteiger partial charge in [-0.3, -0.25) is 4.79 Å². The summed E-state index contributed by atoms with van der Waals surface area (Å²) < 4.78 is 1.41. The van der Waals surface area contributed by atoms with Gasteiger partial charge in [0.25, 0.3) is 0 Å². The van der Waals surface area contributed by atoms with Crippen molar-refractivity contribution in [2.24, 2.45) is 7.05 Å². The number of aromatic nitrogens is 2. The van der Waals surface area contributed by atoms with Crippen molar-refractivity contribution >= 4 is 0 Å². The maximum Gasteiger partial charge on any atom is 1.00 e. The summed E-state index contributed by atoms with van der Waals surface area (Å²) >= 11 is 0. The number of aryl methyl sites for hydroxylation is 1. The van der Waals surface area contributed by atoms with E-state index < -0.39 is 0 Å². The van der Waals surface area contributed by atoms with Gasteiger partial charge in [0.15, 0.2) is 5.56 Å². The van der Waals surface area contributed by atoms with Crippen LogP contribution in [0, 0.1) is 6.20 Å². The summed E-state index contributed by atoms with van der Waals surface area (Å²) in [6, 6.07) is 0. The Hall–Kier alpha value is 0.685. The zero-order chi connectivity index (χ0) is 7.98. The second kappa shape index (κ2) is 8.78. The summed E-state index contributed by atoms with van der Waals surface area (Å²) in [5.41, 5.74) is -0.201. The number of hydrogen-bond donors (Lipinski definition) is 0. The fourth-order valence-electron chi connectivity index (χ4n) is 0.372. The summed E-state index contributed by atoms with van der Waals surface area (Å²) in [6.07, 6.45) is 5.35. The monoisotopic (exact) mass is 224 g/mol. The van der Waals surface area contributed by atoms with Gasteiger partial charge < -0.3 is 9.55 Å². The summed E-state index contributed by atoms with van der Waals surface area (Å²) in [6.45, 7) is 4.00. The second-order valence-electron chi connectivity index (χ2n) is 1.46. The summed E-state index contributed by atoms with van der Waals surface area (Å²) in [7, 11) is 1.65. The topological polar surface area (TPSA) is 34.9 Å². The van der Waals surface area contributed by atoms with E-state index in [-0.39, 0.29) is 63.7 Å². The summed E-state index contributed by atoms with van der Waals surface area (Å²) in [4.78, 5) is 14.0. The standard InChI is InChI=1S/C5H5N2O.C2H6.Rb/c1-7-3-2-6-4-5(7)8;1-2;/h2-3H,1H3;1-2H3;/q-1;;+1. The van der Waals surface area contributed by atoms with E-state index in [0.717, 1.165) is 0 Å². The first-order chi connectivity index (χ1) is 4.80. The molecule has 3 nitrogen and oxygen atoms in total. The number of hydrogen-bond acceptors (Lipinski definition) is 2. The number of nitrogens with zero attached hydrogens (tertiary/aromatic N) is 2. The molecule has 11 heavy (non-hydrogen) atoms. The third-order valence-electron chi connectivity index (χ3n) is 0.845. The molecule has 0 aliphatic heterocycles. The Morgan fingerprint density at radius 1 is 1.55 bits per heavy atom. The minimum Gasteiger partial charge on any atom is -0.452 e. The van der Waals surface area contributed by atoms with Gasteiger partial charge in [0.2, 0.25) is 0 Å². The molecule has 0 bridgehead atoms. The molecule has 56 valence electrons. The summed E-state index contributed by atoms with van der Waals surface area (Å²) in [5, 5.41) is 0. The Morgan fingerprint density at radius 3 is 2.36 bits per heavy atom. The Bertz CT molecular complexity index is 234. The average molecular weight is 225 g/mol. The molecule has 0 saturated carbocycles. The molecule has 4 heteroatoms. The molecule has 1 heterocycles. The largest absolute Gasteiger partial charge is 1.00 e. The molecular weight excluding hydrogens is 214 g/mol. The maximum absolute atomic E-state index is 10.5. The van der Waals surface area contributed by atoms with Crippen LogP contribution in [0.1, 0.15) is 13.8 Å². The van der Waals surface area contributed by atoms with Crippen LogP contribution in [0.5, 0.6) is 0 Å². The molecule has 0 fully saturated rings. The van der Waals surface area contributed by atoms with E-state index in [9.17, 15) is 4.79 Å². The smallest absolute Gasteiger partial charge is 0.452 e. The molecule has 0 radical (unpaired) electrons. The quantitative estimate of drug-likeness (QED) is 0.461. The Kier molecular flexibility index (Phi) is 11.4. The van der Waals surface area contributed by atoms with Gasteiger partial charge in [-0.15, -0.1) is 6.20 Å². The molecule has 0 aromatic carbocycles. The third kappa shape index (κ3) is 5.90.